The molecule has 0 spiro atoms. The molecule has 2 N–H and O–H groups in total. The van der Waals surface area contributed by atoms with E-state index in [9.17, 15) is 0 Å². The third-order valence-electron chi connectivity index (χ3n) is 2.54. The van der Waals surface area contributed by atoms with Crippen molar-refractivity contribution in [1.82, 2.24) is 20.2 Å². The fraction of sp³-hybridized carbons (Fsp3) is 0.0833. The second kappa shape index (κ2) is 4.74. The molecule has 0 aliphatic heterocycles. The molecule has 0 unspecified atom stereocenters. The summed E-state index contributed by atoms with van der Waals surface area (Å²) in [6.07, 6.45) is 1.61. The van der Waals surface area contributed by atoms with Gasteiger partial charge in [-0.05, 0) is 12.1 Å². The second-order valence-electron chi connectivity index (χ2n) is 3.77. The van der Waals surface area contributed by atoms with Gasteiger partial charge in [0.05, 0.1) is 11.2 Å². The van der Waals surface area contributed by atoms with Crippen molar-refractivity contribution >= 4 is 28.6 Å². The van der Waals surface area contributed by atoms with Gasteiger partial charge in [-0.15, -0.1) is 0 Å². The molecule has 6 nitrogen and oxygen atoms in total. The van der Waals surface area contributed by atoms with Crippen LogP contribution in [0, 0.1) is 0 Å². The first kappa shape index (κ1) is 11.7. The van der Waals surface area contributed by atoms with Gasteiger partial charge in [-0.3, -0.25) is 5.10 Å². The van der Waals surface area contributed by atoms with Gasteiger partial charge in [-0.2, -0.15) is 15.1 Å². The predicted molar refractivity (Wildman–Crippen MR) is 72.8 cm³/mol. The van der Waals surface area contributed by atoms with Crippen LogP contribution in [0.25, 0.3) is 11.0 Å². The van der Waals surface area contributed by atoms with Gasteiger partial charge >= 0.3 is 0 Å². The van der Waals surface area contributed by atoms with E-state index in [0.717, 1.165) is 0 Å². The van der Waals surface area contributed by atoms with E-state index in [-0.39, 0.29) is 0 Å². The van der Waals surface area contributed by atoms with Gasteiger partial charge in [0, 0.05) is 7.05 Å². The van der Waals surface area contributed by atoms with Crippen molar-refractivity contribution in [1.29, 1.82) is 0 Å². The molecule has 96 valence electrons. The Bertz CT molecular complexity index is 727. The number of hydrogen-bond donors (Lipinski definition) is 2. The van der Waals surface area contributed by atoms with Crippen LogP contribution in [-0.2, 0) is 0 Å². The molecule has 7 heteroatoms. The standard InChI is InChI=1S/C12H10ClN5O/c1-14-12-16-10-7(6-15-18-10)11(17-12)19-9-5-3-2-4-8(9)13/h2-6H,1H3,(H2,14,15,16,17,18). The maximum absolute atomic E-state index is 6.07. The van der Waals surface area contributed by atoms with Crippen molar-refractivity contribution in [3.63, 3.8) is 0 Å². The highest BCUT2D eigenvalue weighted by atomic mass is 35.5. The summed E-state index contributed by atoms with van der Waals surface area (Å²) in [5, 5.41) is 10.8. The SMILES string of the molecule is CNc1nc(Oc2ccccc2Cl)c2cn[nH]c2n1. The Labute approximate surface area is 113 Å². The smallest absolute Gasteiger partial charge is 0.235 e. The van der Waals surface area contributed by atoms with Gasteiger partial charge in [-0.25, -0.2) is 0 Å². The van der Waals surface area contributed by atoms with Crippen LogP contribution in [0.1, 0.15) is 0 Å². The zero-order valence-electron chi connectivity index (χ0n) is 10.0. The first-order valence-electron chi connectivity index (χ1n) is 5.59. The van der Waals surface area contributed by atoms with E-state index >= 15 is 0 Å². The lowest BCUT2D eigenvalue weighted by molar-refractivity contribution is 0.469. The Kier molecular flexibility index (Phi) is 2.92. The number of nitrogens with zero attached hydrogens (tertiary/aromatic N) is 3. The number of benzene rings is 1. The van der Waals surface area contributed by atoms with Crippen LogP contribution < -0.4 is 10.1 Å². The van der Waals surface area contributed by atoms with Crippen LogP contribution in [0.5, 0.6) is 11.6 Å². The molecule has 19 heavy (non-hydrogen) atoms. The topological polar surface area (TPSA) is 75.7 Å². The molecule has 0 atom stereocenters. The highest BCUT2D eigenvalue weighted by Gasteiger charge is 2.12. The molecule has 3 rings (SSSR count). The zero-order chi connectivity index (χ0) is 13.2. The summed E-state index contributed by atoms with van der Waals surface area (Å²) in [6, 6.07) is 7.20. The molecule has 0 aliphatic rings. The number of anilines is 1. The minimum atomic E-state index is 0.399. The van der Waals surface area contributed by atoms with E-state index in [1.54, 1.807) is 25.4 Å². The average Bonchev–Trinajstić information content (AvgIpc) is 2.89. The molecule has 0 aliphatic carbocycles. The van der Waals surface area contributed by atoms with E-state index < -0.39 is 0 Å². The summed E-state index contributed by atoms with van der Waals surface area (Å²) >= 11 is 6.07. The molecule has 2 aromatic heterocycles. The summed E-state index contributed by atoms with van der Waals surface area (Å²) < 4.78 is 5.74. The second-order valence-corrected chi connectivity index (χ2v) is 4.17. The molecule has 0 saturated carbocycles. The zero-order valence-corrected chi connectivity index (χ0v) is 10.8. The molecule has 1 aromatic carbocycles. The molecule has 2 heterocycles. The lowest BCUT2D eigenvalue weighted by Crippen LogP contribution is -1.99. The quantitative estimate of drug-likeness (QED) is 0.769. The Morgan fingerprint density at radius 2 is 2.11 bits per heavy atom. The highest BCUT2D eigenvalue weighted by Crippen LogP contribution is 2.31. The summed E-state index contributed by atoms with van der Waals surface area (Å²) in [4.78, 5) is 8.49. The first-order valence-corrected chi connectivity index (χ1v) is 5.97. The van der Waals surface area contributed by atoms with E-state index in [0.29, 0.717) is 33.6 Å². The van der Waals surface area contributed by atoms with Crippen LogP contribution in [0.15, 0.2) is 30.5 Å². The fourth-order valence-corrected chi connectivity index (χ4v) is 1.80. The van der Waals surface area contributed by atoms with Crippen molar-refractivity contribution in [3.05, 3.63) is 35.5 Å². The van der Waals surface area contributed by atoms with E-state index in [1.165, 1.54) is 0 Å². The van der Waals surface area contributed by atoms with Gasteiger partial charge in [0.2, 0.25) is 11.8 Å². The normalized spacial score (nSPS) is 10.6. The molecule has 0 amide bonds. The predicted octanol–water partition coefficient (Wildman–Crippen LogP) is 2.84. The number of H-pyrrole nitrogens is 1. The molecular formula is C12H10ClN5O. The van der Waals surface area contributed by atoms with Crippen LogP contribution >= 0.6 is 11.6 Å². The molecule has 0 fully saturated rings. The van der Waals surface area contributed by atoms with Crippen molar-refractivity contribution in [3.8, 4) is 11.6 Å². The summed E-state index contributed by atoms with van der Waals surface area (Å²) in [5.41, 5.74) is 0.599. The first-order chi connectivity index (χ1) is 9.28. The molecule has 0 radical (unpaired) electrons. The summed E-state index contributed by atoms with van der Waals surface area (Å²) in [7, 11) is 1.73. The largest absolute Gasteiger partial charge is 0.436 e. The number of aromatic nitrogens is 4. The van der Waals surface area contributed by atoms with Gasteiger partial charge in [-0.1, -0.05) is 23.7 Å². The Morgan fingerprint density at radius 3 is 2.89 bits per heavy atom. The molecule has 3 aromatic rings. The van der Waals surface area contributed by atoms with Crippen LogP contribution in [-0.4, -0.2) is 27.2 Å². The number of nitrogens with one attached hydrogen (secondary N) is 2. The third kappa shape index (κ3) is 2.17. The van der Waals surface area contributed by atoms with Crippen LogP contribution in [0.4, 0.5) is 5.95 Å². The number of hydrogen-bond acceptors (Lipinski definition) is 5. The maximum atomic E-state index is 6.07. The van der Waals surface area contributed by atoms with E-state index in [2.05, 4.69) is 25.5 Å². The monoisotopic (exact) mass is 275 g/mol. The minimum Gasteiger partial charge on any atom is -0.436 e. The maximum Gasteiger partial charge on any atom is 0.235 e. The van der Waals surface area contributed by atoms with Gasteiger partial charge < -0.3 is 10.1 Å². The molecule has 0 bridgehead atoms. The molecular weight excluding hydrogens is 266 g/mol. The van der Waals surface area contributed by atoms with Crippen molar-refractivity contribution in [2.24, 2.45) is 0 Å². The Balaban J connectivity index is 2.09. The number of aromatic amines is 1. The lowest BCUT2D eigenvalue weighted by Gasteiger charge is -2.08. The van der Waals surface area contributed by atoms with Crippen LogP contribution in [0.2, 0.25) is 5.02 Å². The summed E-state index contributed by atoms with van der Waals surface area (Å²) in [5.74, 6) is 1.38. The minimum absolute atomic E-state index is 0.399. The number of halogens is 1. The van der Waals surface area contributed by atoms with Crippen molar-refractivity contribution < 1.29 is 4.74 Å². The third-order valence-corrected chi connectivity index (χ3v) is 2.85. The molecule has 0 saturated heterocycles. The van der Waals surface area contributed by atoms with E-state index in [4.69, 9.17) is 16.3 Å². The Hall–Kier alpha value is -2.34. The highest BCUT2D eigenvalue weighted by molar-refractivity contribution is 6.32. The fourth-order valence-electron chi connectivity index (χ4n) is 1.63. The average molecular weight is 276 g/mol. The van der Waals surface area contributed by atoms with Crippen LogP contribution in [0.3, 0.4) is 0 Å². The van der Waals surface area contributed by atoms with Crippen molar-refractivity contribution in [2.75, 3.05) is 12.4 Å². The number of fused-ring (bicyclic) bond motifs is 1. The summed E-state index contributed by atoms with van der Waals surface area (Å²) in [6.45, 7) is 0. The van der Waals surface area contributed by atoms with Gasteiger partial charge in [0.25, 0.3) is 0 Å². The number of ether oxygens (including phenoxy) is 1. The number of para-hydroxylation sites is 1. The Morgan fingerprint density at radius 1 is 1.26 bits per heavy atom. The van der Waals surface area contributed by atoms with Gasteiger partial charge in [0.1, 0.15) is 11.1 Å². The lowest BCUT2D eigenvalue weighted by atomic mass is 10.3. The van der Waals surface area contributed by atoms with Crippen molar-refractivity contribution in [2.45, 2.75) is 0 Å². The number of rotatable bonds is 3. The van der Waals surface area contributed by atoms with Gasteiger partial charge in [0.15, 0.2) is 5.65 Å². The van der Waals surface area contributed by atoms with E-state index in [1.807, 2.05) is 12.1 Å².